The van der Waals surface area contributed by atoms with Gasteiger partial charge in [-0.1, -0.05) is 20.8 Å². The summed E-state index contributed by atoms with van der Waals surface area (Å²) in [6.45, 7) is 10.8. The molecule has 1 aliphatic heterocycles. The van der Waals surface area contributed by atoms with E-state index >= 15 is 0 Å². The molecule has 18 heavy (non-hydrogen) atoms. The van der Waals surface area contributed by atoms with Gasteiger partial charge in [-0.05, 0) is 24.9 Å². The van der Waals surface area contributed by atoms with Crippen LogP contribution in [-0.2, 0) is 4.43 Å². The molecule has 1 amide bonds. The number of likely N-dealkylation sites (tertiary alicyclic amines) is 1. The average Bonchev–Trinajstić information content (AvgIpc) is 2.54. The van der Waals surface area contributed by atoms with Crippen molar-refractivity contribution in [3.63, 3.8) is 0 Å². The first-order valence-corrected chi connectivity index (χ1v) is 8.75. The van der Waals surface area contributed by atoms with Gasteiger partial charge in [0.15, 0.2) is 0 Å². The molecule has 0 aromatic carbocycles. The summed E-state index contributed by atoms with van der Waals surface area (Å²) < 4.78 is 6.07. The Kier molecular flexibility index (Phi) is 4.80. The fraction of sp³-hybridized carbons (Fsp3) is 0.917. The van der Waals surface area contributed by atoms with Crippen LogP contribution in [0.5, 0.6) is 0 Å². The highest BCUT2D eigenvalue weighted by Gasteiger charge is 2.43. The molecule has 3 unspecified atom stereocenters. The third kappa shape index (κ3) is 3.70. The zero-order valence-corrected chi connectivity index (χ0v) is 12.9. The number of nitrogens with zero attached hydrogens (tertiary/aromatic N) is 1. The fourth-order valence-corrected chi connectivity index (χ4v) is 3.51. The van der Waals surface area contributed by atoms with E-state index in [4.69, 9.17) is 10.2 Å². The van der Waals surface area contributed by atoms with Crippen molar-refractivity contribution in [3.8, 4) is 0 Å². The lowest BCUT2D eigenvalue weighted by Crippen LogP contribution is -2.50. The minimum absolute atomic E-state index is 0.0797. The van der Waals surface area contributed by atoms with E-state index in [0.717, 1.165) is 0 Å². The monoisotopic (exact) mass is 273 g/mol. The van der Waals surface area contributed by atoms with Gasteiger partial charge in [0.05, 0.1) is 12.1 Å². The summed E-state index contributed by atoms with van der Waals surface area (Å²) in [7, 11) is -0.879. The van der Waals surface area contributed by atoms with E-state index in [0.29, 0.717) is 13.0 Å². The molecule has 1 radical (unpaired) electrons. The van der Waals surface area contributed by atoms with Gasteiger partial charge >= 0.3 is 6.09 Å². The first-order valence-electron chi connectivity index (χ1n) is 6.35. The van der Waals surface area contributed by atoms with E-state index in [1.54, 1.807) is 0 Å². The summed E-state index contributed by atoms with van der Waals surface area (Å²) in [5, 5.41) is 9.27. The molecule has 3 atom stereocenters. The second-order valence-electron chi connectivity index (χ2n) is 6.31. The Morgan fingerprint density at radius 1 is 1.50 bits per heavy atom. The van der Waals surface area contributed by atoms with Crippen LogP contribution in [0.4, 0.5) is 4.79 Å². The summed E-state index contributed by atoms with van der Waals surface area (Å²) in [6, 6.07) is -0.207. The maximum Gasteiger partial charge on any atom is 0.407 e. The molecule has 0 aromatic heterocycles. The molecule has 105 valence electrons. The Bertz CT molecular complexity index is 304. The van der Waals surface area contributed by atoms with Gasteiger partial charge in [0.1, 0.15) is 0 Å². The lowest BCUT2D eigenvalue weighted by Gasteiger charge is -2.39. The highest BCUT2D eigenvalue weighted by Crippen LogP contribution is 2.33. The molecule has 1 aliphatic rings. The van der Waals surface area contributed by atoms with E-state index in [1.165, 1.54) is 4.90 Å². The molecule has 0 bridgehead atoms. The second-order valence-corrected chi connectivity index (χ2v) is 8.36. The van der Waals surface area contributed by atoms with Crippen LogP contribution in [-0.4, -0.2) is 49.9 Å². The SMILES string of the molecule is C[Si](C)OC(C1CC(N)CN1C(=O)O)C(C)(C)C. The number of carboxylic acid groups (broad SMARTS) is 1. The summed E-state index contributed by atoms with van der Waals surface area (Å²) in [4.78, 5) is 12.7. The summed E-state index contributed by atoms with van der Waals surface area (Å²) in [5.41, 5.74) is 5.82. The van der Waals surface area contributed by atoms with Crippen LogP contribution in [0.2, 0.25) is 13.1 Å². The molecule has 0 spiro atoms. The highest BCUT2D eigenvalue weighted by atomic mass is 28.3. The molecular weight excluding hydrogens is 248 g/mol. The van der Waals surface area contributed by atoms with Crippen molar-refractivity contribution in [2.45, 2.75) is 58.5 Å². The third-order valence-corrected chi connectivity index (χ3v) is 3.91. The summed E-state index contributed by atoms with van der Waals surface area (Å²) in [6.07, 6.45) is -0.304. The van der Waals surface area contributed by atoms with Gasteiger partial charge in [-0.3, -0.25) is 0 Å². The predicted molar refractivity (Wildman–Crippen MR) is 72.9 cm³/mol. The number of carbonyl (C=O) groups is 1. The lowest BCUT2D eigenvalue weighted by molar-refractivity contribution is 0.0168. The highest BCUT2D eigenvalue weighted by molar-refractivity contribution is 6.48. The van der Waals surface area contributed by atoms with Gasteiger partial charge < -0.3 is 20.2 Å². The molecule has 5 nitrogen and oxygen atoms in total. The first-order chi connectivity index (χ1) is 8.12. The normalized spacial score (nSPS) is 26.7. The number of hydrogen-bond donors (Lipinski definition) is 2. The summed E-state index contributed by atoms with van der Waals surface area (Å²) in [5.74, 6) is 0. The van der Waals surface area contributed by atoms with Crippen LogP contribution >= 0.6 is 0 Å². The zero-order chi connectivity index (χ0) is 14.1. The maximum absolute atomic E-state index is 11.3. The van der Waals surface area contributed by atoms with Crippen molar-refractivity contribution < 1.29 is 14.3 Å². The fourth-order valence-electron chi connectivity index (χ4n) is 2.49. The first kappa shape index (κ1) is 15.5. The van der Waals surface area contributed by atoms with Gasteiger partial charge in [0.2, 0.25) is 9.04 Å². The molecule has 0 aliphatic carbocycles. The summed E-state index contributed by atoms with van der Waals surface area (Å²) >= 11 is 0. The topological polar surface area (TPSA) is 75.8 Å². The number of amides is 1. The van der Waals surface area contributed by atoms with Crippen LogP contribution < -0.4 is 5.73 Å². The van der Waals surface area contributed by atoms with Gasteiger partial charge in [-0.15, -0.1) is 0 Å². The van der Waals surface area contributed by atoms with Crippen LogP contribution in [0.1, 0.15) is 27.2 Å². The van der Waals surface area contributed by atoms with E-state index in [2.05, 4.69) is 33.9 Å². The van der Waals surface area contributed by atoms with Gasteiger partial charge in [-0.2, -0.15) is 0 Å². The van der Waals surface area contributed by atoms with Gasteiger partial charge in [0.25, 0.3) is 0 Å². The molecule has 0 saturated carbocycles. The Hall–Kier alpha value is -0.593. The minimum atomic E-state index is -0.897. The smallest absolute Gasteiger partial charge is 0.407 e. The van der Waals surface area contributed by atoms with E-state index in [-0.39, 0.29) is 23.6 Å². The molecule has 1 rings (SSSR count). The number of hydrogen-bond acceptors (Lipinski definition) is 3. The van der Waals surface area contributed by atoms with Crippen molar-refractivity contribution in [2.75, 3.05) is 6.54 Å². The van der Waals surface area contributed by atoms with Crippen molar-refractivity contribution in [1.29, 1.82) is 0 Å². The maximum atomic E-state index is 11.3. The molecule has 1 fully saturated rings. The molecular formula is C12H25N2O3Si. The second kappa shape index (κ2) is 5.58. The van der Waals surface area contributed by atoms with E-state index in [1.807, 2.05) is 0 Å². The Morgan fingerprint density at radius 2 is 2.06 bits per heavy atom. The molecule has 0 aromatic rings. The van der Waals surface area contributed by atoms with Crippen LogP contribution in [0.15, 0.2) is 0 Å². The van der Waals surface area contributed by atoms with Crippen molar-refractivity contribution >= 4 is 15.1 Å². The van der Waals surface area contributed by atoms with Crippen molar-refractivity contribution in [1.82, 2.24) is 4.90 Å². The molecule has 6 heteroatoms. The number of rotatable bonds is 3. The quantitative estimate of drug-likeness (QED) is 0.768. The number of nitrogens with two attached hydrogens (primary N) is 1. The largest absolute Gasteiger partial charge is 0.465 e. The van der Waals surface area contributed by atoms with Crippen LogP contribution in [0.3, 0.4) is 0 Å². The molecule has 1 saturated heterocycles. The standard InChI is InChI=1S/C12H25N2O3Si/c1-12(2,3)10(17-18(4)5)9-6-8(13)7-14(9)11(15)16/h8-10H,6-7,13H2,1-5H3,(H,15,16). The Balaban J connectivity index is 2.93. The van der Waals surface area contributed by atoms with Crippen LogP contribution in [0, 0.1) is 5.41 Å². The molecule has 1 heterocycles. The van der Waals surface area contributed by atoms with Gasteiger partial charge in [-0.25, -0.2) is 4.79 Å². The minimum Gasteiger partial charge on any atom is -0.465 e. The van der Waals surface area contributed by atoms with E-state index in [9.17, 15) is 9.90 Å². The van der Waals surface area contributed by atoms with Crippen LogP contribution in [0.25, 0.3) is 0 Å². The van der Waals surface area contributed by atoms with Gasteiger partial charge in [0, 0.05) is 12.6 Å². The Labute approximate surface area is 111 Å². The van der Waals surface area contributed by atoms with E-state index < -0.39 is 15.1 Å². The zero-order valence-electron chi connectivity index (χ0n) is 11.9. The van der Waals surface area contributed by atoms with Crippen molar-refractivity contribution in [3.05, 3.63) is 0 Å². The Morgan fingerprint density at radius 3 is 2.44 bits per heavy atom. The lowest BCUT2D eigenvalue weighted by atomic mass is 9.83. The van der Waals surface area contributed by atoms with Crippen molar-refractivity contribution in [2.24, 2.45) is 11.1 Å². The third-order valence-electron chi connectivity index (χ3n) is 3.19. The average molecular weight is 273 g/mol. The molecule has 3 N–H and O–H groups in total. The predicted octanol–water partition coefficient (Wildman–Crippen LogP) is 1.75.